The third-order valence-corrected chi connectivity index (χ3v) is 5.56. The number of nitrogens with one attached hydrogen (secondary N) is 1. The van der Waals surface area contributed by atoms with E-state index in [2.05, 4.69) is 19.2 Å². The molecule has 1 spiro atoms. The molecule has 3 atom stereocenters. The standard InChI is InChI=1S/C18H35NO2/c1-4-12-19-17(8-7-15(2)20-3)16-9-13-21-18(14-16)10-5-6-11-18/h15-17,19H,4-14H2,1-3H3. The van der Waals surface area contributed by atoms with Gasteiger partial charge in [-0.2, -0.15) is 0 Å². The predicted molar refractivity (Wildman–Crippen MR) is 87.7 cm³/mol. The maximum atomic E-state index is 6.21. The Balaban J connectivity index is 1.91. The van der Waals surface area contributed by atoms with Crippen molar-refractivity contribution in [2.45, 2.75) is 89.4 Å². The van der Waals surface area contributed by atoms with Crippen LogP contribution in [0.1, 0.15) is 71.6 Å². The summed E-state index contributed by atoms with van der Waals surface area (Å²) in [5, 5.41) is 3.81. The van der Waals surface area contributed by atoms with Crippen LogP contribution in [0.3, 0.4) is 0 Å². The molecule has 2 fully saturated rings. The highest BCUT2D eigenvalue weighted by Crippen LogP contribution is 2.43. The van der Waals surface area contributed by atoms with Gasteiger partial charge in [0.15, 0.2) is 0 Å². The van der Waals surface area contributed by atoms with Crippen molar-refractivity contribution in [2.75, 3.05) is 20.3 Å². The Morgan fingerprint density at radius 1 is 1.29 bits per heavy atom. The Morgan fingerprint density at radius 2 is 2.05 bits per heavy atom. The first-order chi connectivity index (χ1) is 10.2. The molecule has 1 aliphatic carbocycles. The topological polar surface area (TPSA) is 30.5 Å². The van der Waals surface area contributed by atoms with Gasteiger partial charge in [-0.1, -0.05) is 19.8 Å². The summed E-state index contributed by atoms with van der Waals surface area (Å²) in [7, 11) is 1.82. The summed E-state index contributed by atoms with van der Waals surface area (Å²) in [6.45, 7) is 6.54. The first-order valence-electron chi connectivity index (χ1n) is 9.09. The van der Waals surface area contributed by atoms with Crippen LogP contribution >= 0.6 is 0 Å². The van der Waals surface area contributed by atoms with Gasteiger partial charge in [0.2, 0.25) is 0 Å². The second-order valence-corrected chi connectivity index (χ2v) is 7.18. The summed E-state index contributed by atoms with van der Waals surface area (Å²) in [5.74, 6) is 0.785. The van der Waals surface area contributed by atoms with E-state index in [4.69, 9.17) is 9.47 Å². The molecule has 1 N–H and O–H groups in total. The summed E-state index contributed by atoms with van der Waals surface area (Å²) in [6, 6.07) is 0.643. The summed E-state index contributed by atoms with van der Waals surface area (Å²) < 4.78 is 11.6. The molecule has 1 heterocycles. The molecular formula is C18H35NO2. The lowest BCUT2D eigenvalue weighted by atomic mass is 9.79. The lowest BCUT2D eigenvalue weighted by Crippen LogP contribution is -2.46. The summed E-state index contributed by atoms with van der Waals surface area (Å²) >= 11 is 0. The SMILES string of the molecule is CCCNC(CCC(C)OC)C1CCOC2(CCCC2)C1. The lowest BCUT2D eigenvalue weighted by Gasteiger charge is -2.42. The average molecular weight is 297 g/mol. The van der Waals surface area contributed by atoms with Gasteiger partial charge in [0, 0.05) is 19.8 Å². The predicted octanol–water partition coefficient (Wildman–Crippen LogP) is 3.91. The smallest absolute Gasteiger partial charge is 0.0685 e. The van der Waals surface area contributed by atoms with Crippen LogP contribution in [0.5, 0.6) is 0 Å². The van der Waals surface area contributed by atoms with Crippen molar-refractivity contribution >= 4 is 0 Å². The van der Waals surface area contributed by atoms with Crippen molar-refractivity contribution < 1.29 is 9.47 Å². The normalized spacial score (nSPS) is 27.9. The van der Waals surface area contributed by atoms with E-state index in [-0.39, 0.29) is 5.60 Å². The number of ether oxygens (including phenoxy) is 2. The minimum absolute atomic E-state index is 0.238. The minimum Gasteiger partial charge on any atom is -0.382 e. The molecule has 0 bridgehead atoms. The molecular weight excluding hydrogens is 262 g/mol. The molecule has 2 rings (SSSR count). The summed E-state index contributed by atoms with van der Waals surface area (Å²) in [6.07, 6.45) is 11.8. The van der Waals surface area contributed by atoms with Crippen LogP contribution in [0, 0.1) is 5.92 Å². The molecule has 0 aromatic heterocycles. The highest BCUT2D eigenvalue weighted by molar-refractivity contribution is 4.94. The van der Waals surface area contributed by atoms with Gasteiger partial charge in [-0.3, -0.25) is 0 Å². The zero-order chi connectivity index (χ0) is 15.1. The van der Waals surface area contributed by atoms with Crippen LogP contribution in [0.4, 0.5) is 0 Å². The highest BCUT2D eigenvalue weighted by atomic mass is 16.5. The van der Waals surface area contributed by atoms with Crippen LogP contribution < -0.4 is 5.32 Å². The first-order valence-corrected chi connectivity index (χ1v) is 9.09. The molecule has 1 saturated carbocycles. The fourth-order valence-electron chi connectivity index (χ4n) is 4.14. The summed E-state index contributed by atoms with van der Waals surface area (Å²) in [4.78, 5) is 0. The van der Waals surface area contributed by atoms with E-state index in [0.717, 1.165) is 25.5 Å². The van der Waals surface area contributed by atoms with Crippen molar-refractivity contribution in [3.05, 3.63) is 0 Å². The van der Waals surface area contributed by atoms with Crippen LogP contribution in [-0.4, -0.2) is 38.0 Å². The van der Waals surface area contributed by atoms with Crippen molar-refractivity contribution in [2.24, 2.45) is 5.92 Å². The fourth-order valence-corrected chi connectivity index (χ4v) is 4.14. The van der Waals surface area contributed by atoms with Crippen LogP contribution in [0.25, 0.3) is 0 Å². The monoisotopic (exact) mass is 297 g/mol. The Bertz CT molecular complexity index is 289. The number of rotatable bonds is 8. The average Bonchev–Trinajstić information content (AvgIpc) is 2.94. The Labute approximate surface area is 131 Å². The Morgan fingerprint density at radius 3 is 2.71 bits per heavy atom. The van der Waals surface area contributed by atoms with E-state index in [1.165, 1.54) is 51.4 Å². The maximum Gasteiger partial charge on any atom is 0.0685 e. The number of hydrogen-bond acceptors (Lipinski definition) is 3. The van der Waals surface area contributed by atoms with E-state index >= 15 is 0 Å². The van der Waals surface area contributed by atoms with Crippen molar-refractivity contribution in [3.63, 3.8) is 0 Å². The molecule has 3 heteroatoms. The molecule has 21 heavy (non-hydrogen) atoms. The van der Waals surface area contributed by atoms with Gasteiger partial charge in [-0.15, -0.1) is 0 Å². The molecule has 0 amide bonds. The molecule has 3 nitrogen and oxygen atoms in total. The number of methoxy groups -OCH3 is 1. The second-order valence-electron chi connectivity index (χ2n) is 7.18. The molecule has 124 valence electrons. The molecule has 3 unspecified atom stereocenters. The third-order valence-electron chi connectivity index (χ3n) is 5.56. The van der Waals surface area contributed by atoms with Gasteiger partial charge in [0.1, 0.15) is 0 Å². The van der Waals surface area contributed by atoms with E-state index in [1.54, 1.807) is 0 Å². The molecule has 0 radical (unpaired) electrons. The van der Waals surface area contributed by atoms with E-state index in [0.29, 0.717) is 12.1 Å². The quantitative estimate of drug-likeness (QED) is 0.737. The summed E-state index contributed by atoms with van der Waals surface area (Å²) in [5.41, 5.74) is 0.238. The molecule has 1 aliphatic heterocycles. The maximum absolute atomic E-state index is 6.21. The zero-order valence-electron chi connectivity index (χ0n) is 14.3. The Kier molecular flexibility index (Phi) is 6.97. The molecule has 1 saturated heterocycles. The highest BCUT2D eigenvalue weighted by Gasteiger charge is 2.41. The zero-order valence-corrected chi connectivity index (χ0v) is 14.3. The van der Waals surface area contributed by atoms with Crippen LogP contribution in [0.15, 0.2) is 0 Å². The fraction of sp³-hybridized carbons (Fsp3) is 1.00. The molecule has 2 aliphatic rings. The van der Waals surface area contributed by atoms with Crippen LogP contribution in [0.2, 0.25) is 0 Å². The van der Waals surface area contributed by atoms with Gasteiger partial charge in [0.25, 0.3) is 0 Å². The van der Waals surface area contributed by atoms with Crippen LogP contribution in [-0.2, 0) is 9.47 Å². The van der Waals surface area contributed by atoms with Crippen molar-refractivity contribution in [3.8, 4) is 0 Å². The van der Waals surface area contributed by atoms with E-state index in [9.17, 15) is 0 Å². The van der Waals surface area contributed by atoms with Crippen molar-refractivity contribution in [1.29, 1.82) is 0 Å². The van der Waals surface area contributed by atoms with E-state index < -0.39 is 0 Å². The minimum atomic E-state index is 0.238. The molecule has 0 aromatic rings. The largest absolute Gasteiger partial charge is 0.382 e. The third kappa shape index (κ3) is 4.94. The van der Waals surface area contributed by atoms with Gasteiger partial charge in [0.05, 0.1) is 11.7 Å². The van der Waals surface area contributed by atoms with Gasteiger partial charge in [-0.05, 0) is 64.3 Å². The van der Waals surface area contributed by atoms with Gasteiger partial charge in [-0.25, -0.2) is 0 Å². The second kappa shape index (κ2) is 8.50. The van der Waals surface area contributed by atoms with Crippen molar-refractivity contribution in [1.82, 2.24) is 5.32 Å². The Hall–Kier alpha value is -0.120. The number of hydrogen-bond donors (Lipinski definition) is 1. The van der Waals surface area contributed by atoms with Gasteiger partial charge >= 0.3 is 0 Å². The lowest BCUT2D eigenvalue weighted by molar-refractivity contribution is -0.0986. The van der Waals surface area contributed by atoms with E-state index in [1.807, 2.05) is 7.11 Å². The van der Waals surface area contributed by atoms with Gasteiger partial charge < -0.3 is 14.8 Å². The first kappa shape index (κ1) is 17.2. The molecule has 0 aromatic carbocycles.